The first-order valence-electron chi connectivity index (χ1n) is 8.04. The third-order valence-electron chi connectivity index (χ3n) is 4.83. The summed E-state index contributed by atoms with van der Waals surface area (Å²) in [5.41, 5.74) is 1.53. The molecular formula is C17H19N5O. The highest BCUT2D eigenvalue weighted by molar-refractivity contribution is 5.92. The molecule has 0 bridgehead atoms. The van der Waals surface area contributed by atoms with Crippen LogP contribution in [-0.2, 0) is 6.54 Å². The summed E-state index contributed by atoms with van der Waals surface area (Å²) in [7, 11) is 0. The minimum atomic E-state index is 0.00489. The van der Waals surface area contributed by atoms with Crippen LogP contribution in [0.5, 0.6) is 0 Å². The number of amides is 1. The number of aromatic nitrogens is 3. The van der Waals surface area contributed by atoms with Crippen LogP contribution in [0.25, 0.3) is 0 Å². The van der Waals surface area contributed by atoms with Gasteiger partial charge >= 0.3 is 0 Å². The molecule has 0 unspecified atom stereocenters. The molecule has 23 heavy (non-hydrogen) atoms. The molecule has 0 N–H and O–H groups in total. The SMILES string of the molecule is O=C(c1cnccn1)N1CC[C@H]2[C@H]1CCN2Cc1ccccn1. The molecule has 0 aromatic carbocycles. The fourth-order valence-electron chi connectivity index (χ4n) is 3.78. The predicted octanol–water partition coefficient (Wildman–Crippen LogP) is 1.36. The van der Waals surface area contributed by atoms with Gasteiger partial charge in [0.15, 0.2) is 0 Å². The minimum Gasteiger partial charge on any atom is -0.333 e. The minimum absolute atomic E-state index is 0.00489. The average molecular weight is 309 g/mol. The van der Waals surface area contributed by atoms with Gasteiger partial charge in [-0.25, -0.2) is 4.98 Å². The summed E-state index contributed by atoms with van der Waals surface area (Å²) in [6.07, 6.45) is 8.58. The second kappa shape index (κ2) is 6.04. The summed E-state index contributed by atoms with van der Waals surface area (Å²) in [5, 5.41) is 0. The molecule has 2 atom stereocenters. The molecule has 2 aliphatic heterocycles. The van der Waals surface area contributed by atoms with Gasteiger partial charge in [-0.05, 0) is 25.0 Å². The molecule has 0 spiro atoms. The van der Waals surface area contributed by atoms with E-state index < -0.39 is 0 Å². The molecule has 6 nitrogen and oxygen atoms in total. The molecule has 2 fully saturated rings. The third kappa shape index (κ3) is 2.70. The summed E-state index contributed by atoms with van der Waals surface area (Å²) in [4.78, 5) is 29.7. The number of pyridine rings is 1. The van der Waals surface area contributed by atoms with Crippen molar-refractivity contribution in [1.29, 1.82) is 0 Å². The zero-order valence-corrected chi connectivity index (χ0v) is 12.9. The van der Waals surface area contributed by atoms with E-state index in [1.54, 1.807) is 18.6 Å². The van der Waals surface area contributed by atoms with E-state index in [0.717, 1.165) is 38.2 Å². The van der Waals surface area contributed by atoms with E-state index >= 15 is 0 Å². The Morgan fingerprint density at radius 3 is 2.78 bits per heavy atom. The maximum absolute atomic E-state index is 12.6. The van der Waals surface area contributed by atoms with Crippen LogP contribution in [0.3, 0.4) is 0 Å². The number of rotatable bonds is 3. The van der Waals surface area contributed by atoms with Crippen LogP contribution >= 0.6 is 0 Å². The van der Waals surface area contributed by atoms with Gasteiger partial charge < -0.3 is 4.90 Å². The van der Waals surface area contributed by atoms with Gasteiger partial charge in [0.2, 0.25) is 0 Å². The molecule has 4 rings (SSSR count). The predicted molar refractivity (Wildman–Crippen MR) is 84.5 cm³/mol. The van der Waals surface area contributed by atoms with E-state index in [1.807, 2.05) is 23.2 Å². The van der Waals surface area contributed by atoms with Crippen molar-refractivity contribution in [2.24, 2.45) is 0 Å². The second-order valence-corrected chi connectivity index (χ2v) is 6.09. The smallest absolute Gasteiger partial charge is 0.274 e. The largest absolute Gasteiger partial charge is 0.333 e. The van der Waals surface area contributed by atoms with Gasteiger partial charge in [0.25, 0.3) is 5.91 Å². The van der Waals surface area contributed by atoms with Crippen LogP contribution < -0.4 is 0 Å². The molecule has 2 aromatic rings. The van der Waals surface area contributed by atoms with Gasteiger partial charge in [0, 0.05) is 50.3 Å². The van der Waals surface area contributed by atoms with E-state index in [2.05, 4.69) is 25.9 Å². The van der Waals surface area contributed by atoms with E-state index in [-0.39, 0.29) is 11.9 Å². The average Bonchev–Trinajstić information content (AvgIpc) is 3.19. The Morgan fingerprint density at radius 2 is 2.00 bits per heavy atom. The summed E-state index contributed by atoms with van der Waals surface area (Å²) in [6, 6.07) is 6.73. The van der Waals surface area contributed by atoms with Crippen LogP contribution in [0.2, 0.25) is 0 Å². The van der Waals surface area contributed by atoms with Crippen molar-refractivity contribution in [2.75, 3.05) is 13.1 Å². The first-order chi connectivity index (χ1) is 11.3. The number of carbonyl (C=O) groups is 1. The van der Waals surface area contributed by atoms with Crippen LogP contribution in [0, 0.1) is 0 Å². The Labute approximate surface area is 135 Å². The van der Waals surface area contributed by atoms with E-state index in [4.69, 9.17) is 0 Å². The molecule has 0 saturated carbocycles. The number of nitrogens with zero attached hydrogens (tertiary/aromatic N) is 5. The van der Waals surface area contributed by atoms with Crippen molar-refractivity contribution < 1.29 is 4.79 Å². The highest BCUT2D eigenvalue weighted by atomic mass is 16.2. The molecule has 4 heterocycles. The van der Waals surface area contributed by atoms with Crippen molar-refractivity contribution in [1.82, 2.24) is 24.8 Å². The summed E-state index contributed by atoms with van der Waals surface area (Å²) >= 11 is 0. The Kier molecular flexibility index (Phi) is 3.75. The number of carbonyl (C=O) groups excluding carboxylic acids is 1. The molecule has 0 radical (unpaired) electrons. The topological polar surface area (TPSA) is 62.2 Å². The van der Waals surface area contributed by atoms with Crippen molar-refractivity contribution in [2.45, 2.75) is 31.5 Å². The molecular weight excluding hydrogens is 290 g/mol. The lowest BCUT2D eigenvalue weighted by Crippen LogP contribution is -2.39. The van der Waals surface area contributed by atoms with Crippen molar-refractivity contribution in [3.8, 4) is 0 Å². The fraction of sp³-hybridized carbons (Fsp3) is 0.412. The number of fused-ring (bicyclic) bond motifs is 1. The molecule has 2 aliphatic rings. The van der Waals surface area contributed by atoms with E-state index in [1.165, 1.54) is 0 Å². The molecule has 2 saturated heterocycles. The van der Waals surface area contributed by atoms with Crippen LogP contribution in [0.4, 0.5) is 0 Å². The first kappa shape index (κ1) is 14.3. The lowest BCUT2D eigenvalue weighted by Gasteiger charge is -2.25. The zero-order chi connectivity index (χ0) is 15.6. The molecule has 6 heteroatoms. The van der Waals surface area contributed by atoms with E-state index in [9.17, 15) is 4.79 Å². The summed E-state index contributed by atoms with van der Waals surface area (Å²) < 4.78 is 0. The van der Waals surface area contributed by atoms with Gasteiger partial charge in [-0.3, -0.25) is 19.7 Å². The zero-order valence-electron chi connectivity index (χ0n) is 12.9. The Bertz CT molecular complexity index is 678. The number of hydrogen-bond donors (Lipinski definition) is 0. The molecule has 1 amide bonds. The molecule has 0 aliphatic carbocycles. The van der Waals surface area contributed by atoms with Gasteiger partial charge in [-0.15, -0.1) is 0 Å². The van der Waals surface area contributed by atoms with Gasteiger partial charge in [0.05, 0.1) is 11.9 Å². The highest BCUT2D eigenvalue weighted by Crippen LogP contribution is 2.33. The maximum atomic E-state index is 12.6. The van der Waals surface area contributed by atoms with Crippen LogP contribution in [-0.4, -0.2) is 55.8 Å². The van der Waals surface area contributed by atoms with Crippen LogP contribution in [0.1, 0.15) is 29.0 Å². The van der Waals surface area contributed by atoms with Crippen molar-refractivity contribution in [3.05, 3.63) is 54.4 Å². The quantitative estimate of drug-likeness (QED) is 0.857. The summed E-state index contributed by atoms with van der Waals surface area (Å²) in [5.74, 6) is 0.00489. The lowest BCUT2D eigenvalue weighted by molar-refractivity contribution is 0.0725. The van der Waals surface area contributed by atoms with Gasteiger partial charge in [-0.1, -0.05) is 6.07 Å². The Hall–Kier alpha value is -2.34. The standard InChI is InChI=1S/C17H19N5O/c23-17(14-11-18-7-8-20-14)22-10-5-15-16(22)4-9-21(15)12-13-3-1-2-6-19-13/h1-3,6-8,11,15-16H,4-5,9-10,12H2/t15-,16+/m0/s1. The highest BCUT2D eigenvalue weighted by Gasteiger charge is 2.44. The first-order valence-corrected chi connectivity index (χ1v) is 8.04. The number of likely N-dealkylation sites (tertiary alicyclic amines) is 2. The third-order valence-corrected chi connectivity index (χ3v) is 4.83. The van der Waals surface area contributed by atoms with Gasteiger partial charge in [-0.2, -0.15) is 0 Å². The van der Waals surface area contributed by atoms with Crippen molar-refractivity contribution in [3.63, 3.8) is 0 Å². The van der Waals surface area contributed by atoms with E-state index in [0.29, 0.717) is 11.7 Å². The fourth-order valence-corrected chi connectivity index (χ4v) is 3.78. The monoisotopic (exact) mass is 309 g/mol. The Balaban J connectivity index is 1.47. The Morgan fingerprint density at radius 1 is 1.09 bits per heavy atom. The van der Waals surface area contributed by atoms with Crippen molar-refractivity contribution >= 4 is 5.91 Å². The van der Waals surface area contributed by atoms with Crippen LogP contribution in [0.15, 0.2) is 43.0 Å². The van der Waals surface area contributed by atoms with Gasteiger partial charge in [0.1, 0.15) is 5.69 Å². The maximum Gasteiger partial charge on any atom is 0.274 e. The summed E-state index contributed by atoms with van der Waals surface area (Å²) in [6.45, 7) is 2.66. The second-order valence-electron chi connectivity index (χ2n) is 6.09. The normalized spacial score (nSPS) is 23.9. The number of hydrogen-bond acceptors (Lipinski definition) is 5. The molecule has 118 valence electrons. The lowest BCUT2D eigenvalue weighted by atomic mass is 10.1. The molecule has 2 aromatic heterocycles.